The molecule has 0 spiro atoms. The highest BCUT2D eigenvalue weighted by Crippen LogP contribution is 1.88. The van der Waals surface area contributed by atoms with Crippen molar-refractivity contribution in [3.63, 3.8) is 0 Å². The van der Waals surface area contributed by atoms with Gasteiger partial charge in [0.25, 0.3) is 0 Å². The molecule has 0 aromatic carbocycles. The van der Waals surface area contributed by atoms with E-state index >= 15 is 0 Å². The largest absolute Gasteiger partial charge is 0.442 e. The number of amides is 3. The molecule has 1 rings (SSSR count). The van der Waals surface area contributed by atoms with Crippen LogP contribution in [0, 0.1) is 6.92 Å². The third kappa shape index (κ3) is 2.94. The smallest absolute Gasteiger partial charge is 0.338 e. The van der Waals surface area contributed by atoms with E-state index in [9.17, 15) is 14.4 Å². The number of nitrogens with one attached hydrogen (secondary N) is 2. The summed E-state index contributed by atoms with van der Waals surface area (Å²) in [6.07, 6.45) is 0. The highest BCUT2D eigenvalue weighted by atomic mass is 16.5. The van der Waals surface area contributed by atoms with E-state index in [0.29, 0.717) is 6.54 Å². The van der Waals surface area contributed by atoms with Gasteiger partial charge in [0.1, 0.15) is 6.54 Å². The van der Waals surface area contributed by atoms with Crippen LogP contribution in [0.5, 0.6) is 0 Å². The monoisotopic (exact) mass is 228 g/mol. The second-order valence-corrected chi connectivity index (χ2v) is 2.99. The van der Waals surface area contributed by atoms with Crippen molar-refractivity contribution in [1.82, 2.24) is 20.4 Å². The number of carbonyl (C=O) groups excluding carboxylic acids is 2. The zero-order valence-corrected chi connectivity index (χ0v) is 8.94. The summed E-state index contributed by atoms with van der Waals surface area (Å²) in [5.74, 6) is -1.07. The van der Waals surface area contributed by atoms with Crippen LogP contribution in [0.2, 0.25) is 0 Å². The van der Waals surface area contributed by atoms with Crippen LogP contribution in [0.3, 0.4) is 0 Å². The molecule has 0 aliphatic rings. The van der Waals surface area contributed by atoms with Crippen LogP contribution in [0.1, 0.15) is 12.7 Å². The number of urea groups is 1. The Morgan fingerprint density at radius 3 is 2.69 bits per heavy atom. The zero-order valence-electron chi connectivity index (χ0n) is 8.94. The molecular formula is C8H12N4O4. The number of aryl methyl sites for hydroxylation is 1. The molecule has 0 fully saturated rings. The molecule has 2 N–H and O–H groups in total. The van der Waals surface area contributed by atoms with Gasteiger partial charge in [0, 0.05) is 6.54 Å². The SMILES string of the molecule is CCNC(=O)NC(=O)Cn1c(C)noc1=O. The average molecular weight is 228 g/mol. The van der Waals surface area contributed by atoms with Crippen LogP contribution in [0.4, 0.5) is 4.79 Å². The maximum atomic E-state index is 11.3. The van der Waals surface area contributed by atoms with E-state index in [-0.39, 0.29) is 12.4 Å². The molecule has 0 saturated heterocycles. The van der Waals surface area contributed by atoms with E-state index in [0.717, 1.165) is 4.57 Å². The van der Waals surface area contributed by atoms with Gasteiger partial charge in [0.05, 0.1) is 0 Å². The van der Waals surface area contributed by atoms with Crippen molar-refractivity contribution >= 4 is 11.9 Å². The fourth-order valence-electron chi connectivity index (χ4n) is 1.03. The molecule has 0 bridgehead atoms. The van der Waals surface area contributed by atoms with E-state index in [1.807, 2.05) is 0 Å². The summed E-state index contributed by atoms with van der Waals surface area (Å²) >= 11 is 0. The highest BCUT2D eigenvalue weighted by Gasteiger charge is 2.12. The maximum absolute atomic E-state index is 11.3. The molecule has 8 heteroatoms. The summed E-state index contributed by atoms with van der Waals surface area (Å²) in [6.45, 7) is 3.35. The lowest BCUT2D eigenvalue weighted by Gasteiger charge is -2.04. The summed E-state index contributed by atoms with van der Waals surface area (Å²) < 4.78 is 5.35. The number of imide groups is 1. The van der Waals surface area contributed by atoms with Crippen LogP contribution >= 0.6 is 0 Å². The van der Waals surface area contributed by atoms with Gasteiger partial charge in [-0.1, -0.05) is 5.16 Å². The Labute approximate surface area is 90.6 Å². The number of aromatic nitrogens is 2. The first-order valence-corrected chi connectivity index (χ1v) is 4.65. The van der Waals surface area contributed by atoms with Gasteiger partial charge in [-0.05, 0) is 13.8 Å². The Morgan fingerprint density at radius 1 is 1.50 bits per heavy atom. The van der Waals surface area contributed by atoms with Gasteiger partial charge in [-0.3, -0.25) is 19.2 Å². The third-order valence-corrected chi connectivity index (χ3v) is 1.76. The van der Waals surface area contributed by atoms with Gasteiger partial charge >= 0.3 is 11.8 Å². The third-order valence-electron chi connectivity index (χ3n) is 1.76. The number of hydrogen-bond acceptors (Lipinski definition) is 5. The van der Waals surface area contributed by atoms with E-state index in [1.165, 1.54) is 6.92 Å². The molecule has 0 aliphatic carbocycles. The van der Waals surface area contributed by atoms with Gasteiger partial charge in [0.2, 0.25) is 5.91 Å². The second-order valence-electron chi connectivity index (χ2n) is 2.99. The summed E-state index contributed by atoms with van der Waals surface area (Å²) in [4.78, 5) is 33.3. The Balaban J connectivity index is 2.59. The number of hydrogen-bond donors (Lipinski definition) is 2. The van der Waals surface area contributed by atoms with E-state index in [4.69, 9.17) is 0 Å². The quantitative estimate of drug-likeness (QED) is 0.689. The Kier molecular flexibility index (Phi) is 3.81. The standard InChI is InChI=1S/C8H12N4O4/c1-3-9-7(14)10-6(13)4-12-5(2)11-16-8(12)15/h3-4H2,1-2H3,(H2,9,10,13,14). The van der Waals surface area contributed by atoms with Crippen molar-refractivity contribution in [2.24, 2.45) is 0 Å². The molecule has 1 aromatic heterocycles. The van der Waals surface area contributed by atoms with Crippen molar-refractivity contribution in [3.05, 3.63) is 16.4 Å². The Bertz CT molecular complexity index is 447. The fraction of sp³-hybridized carbons (Fsp3) is 0.500. The lowest BCUT2D eigenvalue weighted by molar-refractivity contribution is -0.120. The predicted molar refractivity (Wildman–Crippen MR) is 52.7 cm³/mol. The lowest BCUT2D eigenvalue weighted by Crippen LogP contribution is -2.41. The first-order valence-electron chi connectivity index (χ1n) is 4.65. The zero-order chi connectivity index (χ0) is 12.1. The molecule has 0 unspecified atom stereocenters. The van der Waals surface area contributed by atoms with Crippen molar-refractivity contribution in [1.29, 1.82) is 0 Å². The lowest BCUT2D eigenvalue weighted by atomic mass is 10.5. The van der Waals surface area contributed by atoms with Crippen LogP contribution < -0.4 is 16.4 Å². The Hall–Kier alpha value is -2.12. The van der Waals surface area contributed by atoms with Gasteiger partial charge in [-0.15, -0.1) is 0 Å². The summed E-state index contributed by atoms with van der Waals surface area (Å²) in [7, 11) is 0. The van der Waals surface area contributed by atoms with Crippen molar-refractivity contribution in [2.75, 3.05) is 6.54 Å². The summed E-state index contributed by atoms with van der Waals surface area (Å²) in [5.41, 5.74) is 0. The Morgan fingerprint density at radius 2 is 2.19 bits per heavy atom. The van der Waals surface area contributed by atoms with Crippen LogP contribution in [-0.4, -0.2) is 28.2 Å². The fourth-order valence-corrected chi connectivity index (χ4v) is 1.03. The second kappa shape index (κ2) is 5.10. The van der Waals surface area contributed by atoms with Crippen molar-refractivity contribution < 1.29 is 14.1 Å². The minimum atomic E-state index is -0.733. The molecule has 0 aliphatic heterocycles. The van der Waals surface area contributed by atoms with Gasteiger partial charge in [-0.2, -0.15) is 0 Å². The van der Waals surface area contributed by atoms with Crippen LogP contribution in [-0.2, 0) is 11.3 Å². The van der Waals surface area contributed by atoms with Crippen LogP contribution in [0.25, 0.3) is 0 Å². The van der Waals surface area contributed by atoms with Gasteiger partial charge < -0.3 is 5.32 Å². The van der Waals surface area contributed by atoms with E-state index < -0.39 is 17.7 Å². The maximum Gasteiger partial charge on any atom is 0.442 e. The van der Waals surface area contributed by atoms with Crippen molar-refractivity contribution in [2.45, 2.75) is 20.4 Å². The minimum Gasteiger partial charge on any atom is -0.338 e. The predicted octanol–water partition coefficient (Wildman–Crippen LogP) is -1.01. The average Bonchev–Trinajstić information content (AvgIpc) is 2.49. The van der Waals surface area contributed by atoms with Gasteiger partial charge in [-0.25, -0.2) is 9.59 Å². The van der Waals surface area contributed by atoms with E-state index in [1.54, 1.807) is 6.92 Å². The molecule has 88 valence electrons. The molecule has 0 radical (unpaired) electrons. The first kappa shape index (κ1) is 12.0. The summed E-state index contributed by atoms with van der Waals surface area (Å²) in [5, 5.41) is 7.82. The molecular weight excluding hydrogens is 216 g/mol. The highest BCUT2D eigenvalue weighted by molar-refractivity contribution is 5.94. The molecule has 16 heavy (non-hydrogen) atoms. The normalized spacial score (nSPS) is 9.88. The topological polar surface area (TPSA) is 106 Å². The summed E-state index contributed by atoms with van der Waals surface area (Å²) in [6, 6.07) is -0.602. The molecule has 3 amide bonds. The molecule has 1 aromatic rings. The van der Waals surface area contributed by atoms with Crippen molar-refractivity contribution in [3.8, 4) is 0 Å². The minimum absolute atomic E-state index is 0.274. The number of rotatable bonds is 3. The van der Waals surface area contributed by atoms with Crippen LogP contribution in [0.15, 0.2) is 9.32 Å². The number of carbonyl (C=O) groups is 2. The van der Waals surface area contributed by atoms with E-state index in [2.05, 4.69) is 20.3 Å². The molecule has 0 atom stereocenters. The first-order chi connectivity index (χ1) is 7.54. The number of nitrogens with zero attached hydrogens (tertiary/aromatic N) is 2. The molecule has 8 nitrogen and oxygen atoms in total. The molecule has 1 heterocycles. The van der Waals surface area contributed by atoms with Gasteiger partial charge in [0.15, 0.2) is 5.82 Å². The molecule has 0 saturated carbocycles.